The molecule has 3 N–H and O–H groups in total. The maximum absolute atomic E-state index is 10.6. The molecule has 1 aliphatic heterocycles. The second-order valence-corrected chi connectivity index (χ2v) is 11.6. The molecule has 10 heteroatoms. The van der Waals surface area contributed by atoms with E-state index in [1.807, 2.05) is 13.0 Å². The number of aliphatic hydroxyl groups is 1. The third-order valence-corrected chi connectivity index (χ3v) is 8.86. The summed E-state index contributed by atoms with van der Waals surface area (Å²) in [5.41, 5.74) is 3.03. The van der Waals surface area contributed by atoms with Crippen molar-refractivity contribution in [1.82, 2.24) is 24.8 Å². The third kappa shape index (κ3) is 5.39. The Morgan fingerprint density at radius 3 is 2.81 bits per heavy atom. The fourth-order valence-electron chi connectivity index (χ4n) is 6.08. The Labute approximate surface area is 227 Å². The zero-order chi connectivity index (χ0) is 25.5. The summed E-state index contributed by atoms with van der Waals surface area (Å²) in [6, 6.07) is 5.07. The molecule has 3 atom stereocenters. The van der Waals surface area contributed by atoms with Gasteiger partial charge in [-0.2, -0.15) is 0 Å². The predicted octanol–water partition coefficient (Wildman–Crippen LogP) is 5.18. The minimum absolute atomic E-state index is 0.385. The minimum Gasteiger partial charge on any atom is -0.379 e. The van der Waals surface area contributed by atoms with Gasteiger partial charge in [-0.25, -0.2) is 15.0 Å². The molecule has 8 nitrogen and oxygen atoms in total. The lowest BCUT2D eigenvalue weighted by Crippen LogP contribution is -2.42. The minimum atomic E-state index is -0.457. The average Bonchev–Trinajstić information content (AvgIpc) is 3.23. The highest BCUT2D eigenvalue weighted by Crippen LogP contribution is 2.38. The standard InChI is InChI=1S/C27H35Cl2N7O/c1-16(37)35(10-3-2-4-25-33-23-13-21(28)22(29)14-24(23)34-25)18-7-8-19(12-18)36-11-9-20-26(32-17-5-6-17)30-15-31-27(20)36/h13-19,37H,2-12H2,1H3,(H,33,34)(H,30,31,32). The SMILES string of the molecule is CC(O)N(CCCCc1nc2cc(Cl)c(Cl)cc2[nH]1)C1CCC(N2CCc3c(NC4CC4)ncnc32)C1. The van der Waals surface area contributed by atoms with Crippen LogP contribution >= 0.6 is 23.2 Å². The van der Waals surface area contributed by atoms with Crippen molar-refractivity contribution >= 4 is 45.9 Å². The van der Waals surface area contributed by atoms with Crippen molar-refractivity contribution in [1.29, 1.82) is 0 Å². The van der Waals surface area contributed by atoms with Gasteiger partial charge in [0.2, 0.25) is 0 Å². The molecule has 37 heavy (non-hydrogen) atoms. The maximum atomic E-state index is 10.6. The predicted molar refractivity (Wildman–Crippen MR) is 149 cm³/mol. The van der Waals surface area contributed by atoms with Crippen LogP contribution in [0.3, 0.4) is 0 Å². The molecule has 2 saturated carbocycles. The van der Waals surface area contributed by atoms with E-state index >= 15 is 0 Å². The molecule has 3 aromatic rings. The summed E-state index contributed by atoms with van der Waals surface area (Å²) in [5.74, 6) is 3.09. The third-order valence-electron chi connectivity index (χ3n) is 8.14. The number of hydrogen-bond donors (Lipinski definition) is 3. The number of nitrogens with zero attached hydrogens (tertiary/aromatic N) is 5. The van der Waals surface area contributed by atoms with Crippen LogP contribution in [0.1, 0.15) is 63.3 Å². The smallest absolute Gasteiger partial charge is 0.137 e. The summed E-state index contributed by atoms with van der Waals surface area (Å²) >= 11 is 12.3. The van der Waals surface area contributed by atoms with Gasteiger partial charge in [0.25, 0.3) is 0 Å². The molecular formula is C27H35Cl2N7O. The van der Waals surface area contributed by atoms with Gasteiger partial charge in [0.1, 0.15) is 30.0 Å². The van der Waals surface area contributed by atoms with Gasteiger partial charge in [-0.3, -0.25) is 4.90 Å². The van der Waals surface area contributed by atoms with E-state index in [9.17, 15) is 5.11 Å². The number of imidazole rings is 1. The van der Waals surface area contributed by atoms with Crippen LogP contribution in [0.5, 0.6) is 0 Å². The van der Waals surface area contributed by atoms with Crippen molar-refractivity contribution in [3.63, 3.8) is 0 Å². The number of aromatic nitrogens is 4. The van der Waals surface area contributed by atoms with Crippen molar-refractivity contribution in [2.24, 2.45) is 0 Å². The van der Waals surface area contributed by atoms with E-state index in [4.69, 9.17) is 23.2 Å². The van der Waals surface area contributed by atoms with Crippen molar-refractivity contribution < 1.29 is 5.11 Å². The van der Waals surface area contributed by atoms with E-state index in [-0.39, 0.29) is 0 Å². The first-order chi connectivity index (χ1) is 18.0. The number of nitrogens with one attached hydrogen (secondary N) is 2. The van der Waals surface area contributed by atoms with E-state index in [0.717, 1.165) is 86.5 Å². The molecule has 2 aliphatic carbocycles. The Hall–Kier alpha value is -2.13. The largest absolute Gasteiger partial charge is 0.379 e. The van der Waals surface area contributed by atoms with Gasteiger partial charge in [0.15, 0.2) is 0 Å². The summed E-state index contributed by atoms with van der Waals surface area (Å²) in [7, 11) is 0. The van der Waals surface area contributed by atoms with E-state index in [2.05, 4.69) is 35.1 Å². The maximum Gasteiger partial charge on any atom is 0.137 e. The van der Waals surface area contributed by atoms with Crippen LogP contribution in [0.15, 0.2) is 18.5 Å². The quantitative estimate of drug-likeness (QED) is 0.239. The number of aromatic amines is 1. The Bertz CT molecular complexity index is 1220. The van der Waals surface area contributed by atoms with Crippen LogP contribution in [-0.2, 0) is 12.8 Å². The summed E-state index contributed by atoms with van der Waals surface area (Å²) in [6.45, 7) is 3.78. The first-order valence-electron chi connectivity index (χ1n) is 13.6. The molecule has 3 unspecified atom stereocenters. The highest BCUT2D eigenvalue weighted by Gasteiger charge is 2.38. The summed E-state index contributed by atoms with van der Waals surface area (Å²) in [6.07, 6.45) is 10.9. The molecule has 198 valence electrons. The molecule has 0 spiro atoms. The highest BCUT2D eigenvalue weighted by atomic mass is 35.5. The number of hydrogen-bond acceptors (Lipinski definition) is 7. The highest BCUT2D eigenvalue weighted by molar-refractivity contribution is 6.42. The van der Waals surface area contributed by atoms with Crippen molar-refractivity contribution in [2.75, 3.05) is 23.3 Å². The van der Waals surface area contributed by atoms with Crippen LogP contribution < -0.4 is 10.2 Å². The lowest BCUT2D eigenvalue weighted by atomic mass is 10.1. The fraction of sp³-hybridized carbons (Fsp3) is 0.593. The number of aliphatic hydroxyl groups excluding tert-OH is 1. The number of rotatable bonds is 10. The number of fused-ring (bicyclic) bond motifs is 2. The van der Waals surface area contributed by atoms with E-state index < -0.39 is 6.23 Å². The van der Waals surface area contributed by atoms with E-state index in [1.165, 1.54) is 18.4 Å². The lowest BCUT2D eigenvalue weighted by molar-refractivity contribution is -0.0115. The van der Waals surface area contributed by atoms with Gasteiger partial charge in [0, 0.05) is 43.2 Å². The molecular weight excluding hydrogens is 509 g/mol. The molecule has 1 aromatic carbocycles. The molecule has 0 amide bonds. The Kier molecular flexibility index (Phi) is 7.18. The Balaban J connectivity index is 1.03. The van der Waals surface area contributed by atoms with Gasteiger partial charge in [-0.05, 0) is 70.4 Å². The average molecular weight is 545 g/mol. The van der Waals surface area contributed by atoms with Crippen LogP contribution in [0.25, 0.3) is 11.0 Å². The zero-order valence-corrected chi connectivity index (χ0v) is 22.8. The molecule has 6 rings (SSSR count). The summed E-state index contributed by atoms with van der Waals surface area (Å²) < 4.78 is 0. The van der Waals surface area contributed by atoms with Crippen LogP contribution in [0.2, 0.25) is 10.0 Å². The molecule has 0 bridgehead atoms. The van der Waals surface area contributed by atoms with Gasteiger partial charge in [0.05, 0.1) is 21.1 Å². The molecule has 2 aromatic heterocycles. The lowest BCUT2D eigenvalue weighted by Gasteiger charge is -2.33. The summed E-state index contributed by atoms with van der Waals surface area (Å²) in [4.78, 5) is 22.0. The summed E-state index contributed by atoms with van der Waals surface area (Å²) in [5, 5.41) is 15.3. The number of anilines is 2. The van der Waals surface area contributed by atoms with Crippen LogP contribution in [0.4, 0.5) is 11.6 Å². The van der Waals surface area contributed by atoms with Crippen molar-refractivity contribution in [2.45, 2.75) is 89.1 Å². The normalized spacial score (nSPS) is 22.2. The van der Waals surface area contributed by atoms with Crippen molar-refractivity contribution in [3.05, 3.63) is 39.9 Å². The molecule has 0 radical (unpaired) electrons. The van der Waals surface area contributed by atoms with Gasteiger partial charge < -0.3 is 20.3 Å². The molecule has 2 fully saturated rings. The number of unbranched alkanes of at least 4 members (excludes halogenated alkanes) is 1. The first kappa shape index (κ1) is 25.2. The number of benzene rings is 1. The topological polar surface area (TPSA) is 93.2 Å². The molecule has 3 aliphatic rings. The Morgan fingerprint density at radius 2 is 2.00 bits per heavy atom. The second-order valence-electron chi connectivity index (χ2n) is 10.8. The van der Waals surface area contributed by atoms with Gasteiger partial charge >= 0.3 is 0 Å². The zero-order valence-electron chi connectivity index (χ0n) is 21.3. The van der Waals surface area contributed by atoms with Gasteiger partial charge in [-0.1, -0.05) is 23.2 Å². The van der Waals surface area contributed by atoms with Crippen molar-refractivity contribution in [3.8, 4) is 0 Å². The van der Waals surface area contributed by atoms with E-state index in [0.29, 0.717) is 28.2 Å². The number of H-pyrrole nitrogens is 1. The monoisotopic (exact) mass is 543 g/mol. The Morgan fingerprint density at radius 1 is 1.16 bits per heavy atom. The second kappa shape index (κ2) is 10.6. The van der Waals surface area contributed by atoms with Crippen LogP contribution in [0, 0.1) is 0 Å². The van der Waals surface area contributed by atoms with Crippen LogP contribution in [-0.4, -0.2) is 67.4 Å². The first-order valence-corrected chi connectivity index (χ1v) is 14.4. The fourth-order valence-corrected chi connectivity index (χ4v) is 6.40. The molecule has 3 heterocycles. The number of aryl methyl sites for hydroxylation is 1. The van der Waals surface area contributed by atoms with E-state index in [1.54, 1.807) is 12.4 Å². The van der Waals surface area contributed by atoms with Gasteiger partial charge in [-0.15, -0.1) is 0 Å². The number of halogens is 2. The molecule has 0 saturated heterocycles.